The Hall–Kier alpha value is -1.45. The average Bonchev–Trinajstić information content (AvgIpc) is 2.49. The van der Waals surface area contributed by atoms with E-state index >= 15 is 0 Å². The third-order valence-corrected chi connectivity index (χ3v) is 4.00. The molecule has 106 valence electrons. The number of hydrogen-bond donors (Lipinski definition) is 1. The molecule has 3 heteroatoms. The van der Waals surface area contributed by atoms with Crippen molar-refractivity contribution in [3.8, 4) is 5.75 Å². The fraction of sp³-hybridized carbons (Fsp3) is 0.294. The van der Waals surface area contributed by atoms with Crippen LogP contribution in [0.2, 0.25) is 0 Å². The minimum absolute atomic E-state index is 0.154. The zero-order valence-corrected chi connectivity index (χ0v) is 12.8. The normalized spacial score (nSPS) is 12.2. The van der Waals surface area contributed by atoms with Gasteiger partial charge in [0.15, 0.2) is 0 Å². The van der Waals surface area contributed by atoms with Crippen molar-refractivity contribution in [2.24, 2.45) is 5.73 Å². The molecule has 0 bridgehead atoms. The van der Waals surface area contributed by atoms with Crippen LogP contribution >= 0.6 is 11.8 Å². The number of thioether (sulfide) groups is 1. The summed E-state index contributed by atoms with van der Waals surface area (Å²) in [4.78, 5) is 1.28. The molecule has 2 aromatic rings. The first-order chi connectivity index (χ1) is 9.76. The van der Waals surface area contributed by atoms with E-state index in [0.29, 0.717) is 6.61 Å². The molecule has 2 nitrogen and oxygen atoms in total. The maximum atomic E-state index is 6.38. The largest absolute Gasteiger partial charge is 0.494 e. The minimum atomic E-state index is -0.154. The predicted molar refractivity (Wildman–Crippen MR) is 86.5 cm³/mol. The van der Waals surface area contributed by atoms with Crippen LogP contribution in [0.5, 0.6) is 5.75 Å². The van der Waals surface area contributed by atoms with Crippen LogP contribution in [0, 0.1) is 0 Å². The molecule has 0 aliphatic carbocycles. The molecule has 1 unspecified atom stereocenters. The Morgan fingerprint density at radius 2 is 1.75 bits per heavy atom. The van der Waals surface area contributed by atoms with Crippen molar-refractivity contribution in [3.63, 3.8) is 0 Å². The van der Waals surface area contributed by atoms with E-state index in [0.717, 1.165) is 22.6 Å². The third kappa shape index (κ3) is 3.56. The van der Waals surface area contributed by atoms with Crippen LogP contribution < -0.4 is 10.5 Å². The standard InChI is InChI=1S/C17H21NOS/c1-3-19-16-8-6-5-7-15(16)17(18)13-9-11-14(12-10-13)20-4-2/h5-12,17H,3-4,18H2,1-2H3. The van der Waals surface area contributed by atoms with Gasteiger partial charge < -0.3 is 10.5 Å². The first-order valence-electron chi connectivity index (χ1n) is 6.96. The quantitative estimate of drug-likeness (QED) is 0.807. The molecule has 2 rings (SSSR count). The fourth-order valence-corrected chi connectivity index (χ4v) is 2.80. The van der Waals surface area contributed by atoms with E-state index in [4.69, 9.17) is 10.5 Å². The Morgan fingerprint density at radius 1 is 1.05 bits per heavy atom. The highest BCUT2D eigenvalue weighted by Gasteiger charge is 2.13. The topological polar surface area (TPSA) is 35.2 Å². The van der Waals surface area contributed by atoms with Gasteiger partial charge in [0, 0.05) is 10.5 Å². The predicted octanol–water partition coefficient (Wildman–Crippen LogP) is 4.25. The molecule has 0 saturated carbocycles. The van der Waals surface area contributed by atoms with E-state index in [1.807, 2.05) is 43.0 Å². The van der Waals surface area contributed by atoms with Gasteiger partial charge in [-0.05, 0) is 36.4 Å². The van der Waals surface area contributed by atoms with Gasteiger partial charge in [-0.25, -0.2) is 0 Å². The smallest absolute Gasteiger partial charge is 0.124 e. The minimum Gasteiger partial charge on any atom is -0.494 e. The molecule has 1 atom stereocenters. The molecular weight excluding hydrogens is 266 g/mol. The van der Waals surface area contributed by atoms with E-state index in [2.05, 4.69) is 31.2 Å². The van der Waals surface area contributed by atoms with Crippen LogP contribution in [0.4, 0.5) is 0 Å². The van der Waals surface area contributed by atoms with Crippen molar-refractivity contribution >= 4 is 11.8 Å². The molecule has 0 amide bonds. The summed E-state index contributed by atoms with van der Waals surface area (Å²) >= 11 is 1.84. The first kappa shape index (κ1) is 14.9. The first-order valence-corrected chi connectivity index (χ1v) is 7.94. The number of hydrogen-bond acceptors (Lipinski definition) is 3. The Morgan fingerprint density at radius 3 is 2.40 bits per heavy atom. The zero-order chi connectivity index (χ0) is 14.4. The van der Waals surface area contributed by atoms with Gasteiger partial charge in [0.25, 0.3) is 0 Å². The van der Waals surface area contributed by atoms with Crippen LogP contribution in [0.15, 0.2) is 53.4 Å². The summed E-state index contributed by atoms with van der Waals surface area (Å²) in [7, 11) is 0. The molecule has 0 aliphatic rings. The van der Waals surface area contributed by atoms with Crippen molar-refractivity contribution in [2.45, 2.75) is 24.8 Å². The third-order valence-electron chi connectivity index (χ3n) is 3.10. The van der Waals surface area contributed by atoms with Crippen molar-refractivity contribution in [3.05, 3.63) is 59.7 Å². The number of rotatable bonds is 6. The van der Waals surface area contributed by atoms with Crippen LogP contribution in [-0.2, 0) is 0 Å². The lowest BCUT2D eigenvalue weighted by atomic mass is 9.99. The molecule has 0 spiro atoms. The van der Waals surface area contributed by atoms with Crippen molar-refractivity contribution in [1.29, 1.82) is 0 Å². The highest BCUT2D eigenvalue weighted by molar-refractivity contribution is 7.99. The summed E-state index contributed by atoms with van der Waals surface area (Å²) in [6.45, 7) is 4.79. The van der Waals surface area contributed by atoms with Crippen LogP contribution in [0.1, 0.15) is 31.0 Å². The molecule has 0 heterocycles. The molecule has 2 N–H and O–H groups in total. The van der Waals surface area contributed by atoms with Crippen molar-refractivity contribution in [1.82, 2.24) is 0 Å². The van der Waals surface area contributed by atoms with E-state index in [1.165, 1.54) is 4.90 Å². The summed E-state index contributed by atoms with van der Waals surface area (Å²) in [6.07, 6.45) is 0. The summed E-state index contributed by atoms with van der Waals surface area (Å²) < 4.78 is 5.66. The number of nitrogens with two attached hydrogens (primary N) is 1. The summed E-state index contributed by atoms with van der Waals surface area (Å²) in [5.74, 6) is 1.95. The van der Waals surface area contributed by atoms with Crippen LogP contribution in [-0.4, -0.2) is 12.4 Å². The fourth-order valence-electron chi connectivity index (χ4n) is 2.14. The SMILES string of the molecule is CCOc1ccccc1C(N)c1ccc(SCC)cc1. The Bertz CT molecular complexity index is 539. The molecule has 0 aromatic heterocycles. The monoisotopic (exact) mass is 287 g/mol. The number of benzene rings is 2. The molecule has 0 aliphatic heterocycles. The van der Waals surface area contributed by atoms with Crippen molar-refractivity contribution in [2.75, 3.05) is 12.4 Å². The van der Waals surface area contributed by atoms with Gasteiger partial charge in [-0.15, -0.1) is 11.8 Å². The summed E-state index contributed by atoms with van der Waals surface area (Å²) in [5.41, 5.74) is 8.53. The van der Waals surface area contributed by atoms with Gasteiger partial charge in [-0.2, -0.15) is 0 Å². The second kappa shape index (κ2) is 7.36. The van der Waals surface area contributed by atoms with Gasteiger partial charge in [-0.3, -0.25) is 0 Å². The average molecular weight is 287 g/mol. The lowest BCUT2D eigenvalue weighted by Crippen LogP contribution is -2.13. The van der Waals surface area contributed by atoms with Gasteiger partial charge in [0.1, 0.15) is 5.75 Å². The van der Waals surface area contributed by atoms with Crippen molar-refractivity contribution < 1.29 is 4.74 Å². The molecule has 2 aromatic carbocycles. The molecule has 20 heavy (non-hydrogen) atoms. The van der Waals surface area contributed by atoms with E-state index in [-0.39, 0.29) is 6.04 Å². The van der Waals surface area contributed by atoms with Gasteiger partial charge in [0.2, 0.25) is 0 Å². The zero-order valence-electron chi connectivity index (χ0n) is 12.0. The lowest BCUT2D eigenvalue weighted by molar-refractivity contribution is 0.335. The Balaban J connectivity index is 2.24. The number of ether oxygens (including phenoxy) is 1. The molecule has 0 radical (unpaired) electrons. The van der Waals surface area contributed by atoms with Gasteiger partial charge >= 0.3 is 0 Å². The lowest BCUT2D eigenvalue weighted by Gasteiger charge is -2.17. The van der Waals surface area contributed by atoms with Crippen LogP contribution in [0.3, 0.4) is 0 Å². The summed E-state index contributed by atoms with van der Waals surface area (Å²) in [5, 5.41) is 0. The molecule has 0 saturated heterocycles. The Labute approximate surface area is 125 Å². The molecular formula is C17H21NOS. The summed E-state index contributed by atoms with van der Waals surface area (Å²) in [6, 6.07) is 16.3. The molecule has 0 fully saturated rings. The second-order valence-electron chi connectivity index (χ2n) is 4.45. The van der Waals surface area contributed by atoms with Gasteiger partial charge in [-0.1, -0.05) is 37.3 Å². The van der Waals surface area contributed by atoms with Crippen LogP contribution in [0.25, 0.3) is 0 Å². The van der Waals surface area contributed by atoms with E-state index < -0.39 is 0 Å². The second-order valence-corrected chi connectivity index (χ2v) is 5.79. The highest BCUT2D eigenvalue weighted by Crippen LogP contribution is 2.29. The van der Waals surface area contributed by atoms with Gasteiger partial charge in [0.05, 0.1) is 12.6 Å². The highest BCUT2D eigenvalue weighted by atomic mass is 32.2. The van der Waals surface area contributed by atoms with E-state index in [1.54, 1.807) is 0 Å². The maximum Gasteiger partial charge on any atom is 0.124 e. The number of para-hydroxylation sites is 1. The Kier molecular flexibility index (Phi) is 5.50. The maximum absolute atomic E-state index is 6.38. The van der Waals surface area contributed by atoms with E-state index in [9.17, 15) is 0 Å².